The fourth-order valence-corrected chi connectivity index (χ4v) is 2.30. The molecule has 1 aromatic rings. The molecule has 0 aliphatic rings. The van der Waals surface area contributed by atoms with Crippen LogP contribution in [0.1, 0.15) is 5.56 Å². The highest BCUT2D eigenvalue weighted by Gasteiger charge is 2.44. The second-order valence-corrected chi connectivity index (χ2v) is 5.09. The quantitative estimate of drug-likeness (QED) is 0.442. The van der Waals surface area contributed by atoms with E-state index in [-0.39, 0.29) is 5.01 Å². The second-order valence-electron chi connectivity index (χ2n) is 3.38. The summed E-state index contributed by atoms with van der Waals surface area (Å²) in [4.78, 5) is 11.0. The number of guanidine groups is 1. The molecule has 0 bridgehead atoms. The number of amides is 1. The van der Waals surface area contributed by atoms with Gasteiger partial charge in [-0.3, -0.25) is 10.2 Å². The van der Waals surface area contributed by atoms with E-state index in [1.54, 1.807) is 18.2 Å². The van der Waals surface area contributed by atoms with Gasteiger partial charge in [-0.1, -0.05) is 37.9 Å². The van der Waals surface area contributed by atoms with Crippen molar-refractivity contribution in [3.05, 3.63) is 32.7 Å². The number of hydrogen-bond donors (Lipinski definition) is 2. The number of nitrogens with two attached hydrogens (primary N) is 1. The Hall–Kier alpha value is -1.42. The fraction of sp³-hybridized carbons (Fsp3) is 0.100. The van der Waals surface area contributed by atoms with Crippen molar-refractivity contribution in [1.29, 1.82) is 5.41 Å². The normalized spacial score (nSPS) is 11.7. The zero-order valence-electron chi connectivity index (χ0n) is 9.58. The molecule has 108 valence electrons. The summed E-state index contributed by atoms with van der Waals surface area (Å²) in [6.07, 6.45) is -4.19. The highest BCUT2D eigenvalue weighted by atomic mass is 79.9. The Labute approximate surface area is 128 Å². The Morgan fingerprint density at radius 3 is 2.25 bits per heavy atom. The molecular formula is C10H7Br2F3N4O. The van der Waals surface area contributed by atoms with Gasteiger partial charge < -0.3 is 5.73 Å². The Morgan fingerprint density at radius 2 is 1.85 bits per heavy atom. The van der Waals surface area contributed by atoms with Gasteiger partial charge in [-0.05, 0) is 12.1 Å². The van der Waals surface area contributed by atoms with Gasteiger partial charge in [-0.2, -0.15) is 23.3 Å². The molecule has 0 aliphatic carbocycles. The topological polar surface area (TPSA) is 82.5 Å². The molecular weight excluding hydrogens is 409 g/mol. The van der Waals surface area contributed by atoms with Crippen molar-refractivity contribution < 1.29 is 18.0 Å². The van der Waals surface area contributed by atoms with Crippen LogP contribution in [0.4, 0.5) is 13.2 Å². The molecule has 1 amide bonds. The van der Waals surface area contributed by atoms with Crippen LogP contribution in [0.5, 0.6) is 0 Å². The number of hydrazone groups is 1. The van der Waals surface area contributed by atoms with Gasteiger partial charge in [0.15, 0.2) is 0 Å². The molecule has 0 aromatic heterocycles. The third kappa shape index (κ3) is 4.04. The summed E-state index contributed by atoms with van der Waals surface area (Å²) in [6, 6.07) is 4.96. The predicted octanol–water partition coefficient (Wildman–Crippen LogP) is 2.83. The van der Waals surface area contributed by atoms with Crippen molar-refractivity contribution in [3.8, 4) is 0 Å². The summed E-state index contributed by atoms with van der Waals surface area (Å²) in [5, 5.41) is 10.1. The van der Waals surface area contributed by atoms with Crippen molar-refractivity contribution in [2.45, 2.75) is 6.18 Å². The second kappa shape index (κ2) is 6.35. The number of nitrogens with one attached hydrogen (secondary N) is 1. The smallest absolute Gasteiger partial charge is 0.368 e. The van der Waals surface area contributed by atoms with E-state index >= 15 is 0 Å². The number of carbonyl (C=O) groups excluding carboxylic acids is 1. The summed E-state index contributed by atoms with van der Waals surface area (Å²) >= 11 is 6.36. The number of carbonyl (C=O) groups is 1. The molecule has 0 saturated heterocycles. The van der Waals surface area contributed by atoms with Gasteiger partial charge in [0.05, 0.1) is 6.21 Å². The minimum Gasteiger partial charge on any atom is -0.368 e. The van der Waals surface area contributed by atoms with Crippen molar-refractivity contribution in [2.24, 2.45) is 10.8 Å². The summed E-state index contributed by atoms with van der Waals surface area (Å²) in [7, 11) is 0. The van der Waals surface area contributed by atoms with Gasteiger partial charge in [-0.25, -0.2) is 0 Å². The molecule has 0 heterocycles. The first-order valence-corrected chi connectivity index (χ1v) is 6.46. The molecule has 5 nitrogen and oxygen atoms in total. The van der Waals surface area contributed by atoms with E-state index in [1.165, 1.54) is 0 Å². The lowest BCUT2D eigenvalue weighted by atomic mass is 10.2. The zero-order chi connectivity index (χ0) is 15.5. The minimum absolute atomic E-state index is 0.230. The molecule has 1 aromatic carbocycles. The molecule has 0 radical (unpaired) electrons. The number of halogens is 5. The minimum atomic E-state index is -5.17. The van der Waals surface area contributed by atoms with E-state index in [4.69, 9.17) is 11.1 Å². The number of rotatable bonds is 2. The number of benzene rings is 1. The standard InChI is InChI=1S/C10H7Br2F3N4O/c11-6-2-1-3-7(12)5(6)4-18-19(9(16)17)8(20)10(13,14)15/h1-4H,(H3,16,17)/b18-4+. The first-order chi connectivity index (χ1) is 9.14. The van der Waals surface area contributed by atoms with E-state index in [0.29, 0.717) is 14.5 Å². The third-order valence-corrected chi connectivity index (χ3v) is 3.35. The van der Waals surface area contributed by atoms with Crippen LogP contribution in [0.25, 0.3) is 0 Å². The lowest BCUT2D eigenvalue weighted by Gasteiger charge is -2.16. The van der Waals surface area contributed by atoms with Crippen molar-refractivity contribution in [3.63, 3.8) is 0 Å². The van der Waals surface area contributed by atoms with Crippen molar-refractivity contribution >= 4 is 49.9 Å². The molecule has 1 rings (SSSR count). The highest BCUT2D eigenvalue weighted by Crippen LogP contribution is 2.24. The van der Waals surface area contributed by atoms with Crippen LogP contribution in [-0.4, -0.2) is 29.3 Å². The van der Waals surface area contributed by atoms with Crippen molar-refractivity contribution in [1.82, 2.24) is 5.01 Å². The maximum absolute atomic E-state index is 12.3. The van der Waals surface area contributed by atoms with E-state index in [0.717, 1.165) is 6.21 Å². The maximum Gasteiger partial charge on any atom is 0.473 e. The molecule has 3 N–H and O–H groups in total. The fourth-order valence-electron chi connectivity index (χ4n) is 1.09. The van der Waals surface area contributed by atoms with Gasteiger partial charge in [0.2, 0.25) is 5.96 Å². The molecule has 10 heteroatoms. The monoisotopic (exact) mass is 414 g/mol. The molecule has 0 atom stereocenters. The van der Waals surface area contributed by atoms with Crippen LogP contribution < -0.4 is 5.73 Å². The summed E-state index contributed by atoms with van der Waals surface area (Å²) in [5.41, 5.74) is 5.32. The molecule has 0 fully saturated rings. The van der Waals surface area contributed by atoms with Crippen LogP contribution >= 0.6 is 31.9 Å². The van der Waals surface area contributed by atoms with E-state index in [2.05, 4.69) is 37.0 Å². The Kier molecular flexibility index (Phi) is 5.28. The number of nitrogens with zero attached hydrogens (tertiary/aromatic N) is 2. The van der Waals surface area contributed by atoms with E-state index in [9.17, 15) is 18.0 Å². The summed E-state index contributed by atoms with van der Waals surface area (Å²) in [6.45, 7) is 0. The first-order valence-electron chi connectivity index (χ1n) is 4.88. The Balaban J connectivity index is 3.12. The van der Waals surface area contributed by atoms with Gasteiger partial charge in [0, 0.05) is 14.5 Å². The zero-order valence-corrected chi connectivity index (χ0v) is 12.8. The van der Waals surface area contributed by atoms with Crippen LogP contribution in [0.3, 0.4) is 0 Å². The van der Waals surface area contributed by atoms with Crippen LogP contribution in [0.15, 0.2) is 32.2 Å². The Morgan fingerprint density at radius 1 is 1.35 bits per heavy atom. The summed E-state index contributed by atoms with van der Waals surface area (Å²) < 4.78 is 38.0. The lowest BCUT2D eigenvalue weighted by Crippen LogP contribution is -2.44. The largest absolute Gasteiger partial charge is 0.473 e. The molecule has 0 aliphatic heterocycles. The van der Waals surface area contributed by atoms with Crippen LogP contribution in [0.2, 0.25) is 0 Å². The number of alkyl halides is 3. The van der Waals surface area contributed by atoms with Gasteiger partial charge in [-0.15, -0.1) is 0 Å². The summed E-state index contributed by atoms with van der Waals surface area (Å²) in [5.74, 6) is -3.48. The van der Waals surface area contributed by atoms with Gasteiger partial charge >= 0.3 is 12.1 Å². The Bertz CT molecular complexity index is 554. The molecule has 20 heavy (non-hydrogen) atoms. The SMILES string of the molecule is N=C(N)N(/N=C/c1c(Br)cccc1Br)C(=O)C(F)(F)F. The van der Waals surface area contributed by atoms with E-state index < -0.39 is 18.0 Å². The average molecular weight is 416 g/mol. The molecule has 0 saturated carbocycles. The predicted molar refractivity (Wildman–Crippen MR) is 74.3 cm³/mol. The molecule has 0 spiro atoms. The van der Waals surface area contributed by atoms with Gasteiger partial charge in [0.1, 0.15) is 0 Å². The average Bonchev–Trinajstić information content (AvgIpc) is 2.30. The molecule has 0 unspecified atom stereocenters. The van der Waals surface area contributed by atoms with Crippen LogP contribution in [-0.2, 0) is 4.79 Å². The highest BCUT2D eigenvalue weighted by molar-refractivity contribution is 9.11. The van der Waals surface area contributed by atoms with Crippen molar-refractivity contribution in [2.75, 3.05) is 0 Å². The maximum atomic E-state index is 12.3. The van der Waals surface area contributed by atoms with Crippen LogP contribution in [0, 0.1) is 5.41 Å². The van der Waals surface area contributed by atoms with Gasteiger partial charge in [0.25, 0.3) is 0 Å². The third-order valence-electron chi connectivity index (χ3n) is 1.97. The van der Waals surface area contributed by atoms with E-state index in [1.807, 2.05) is 0 Å². The first kappa shape index (κ1) is 16.6. The lowest BCUT2D eigenvalue weighted by molar-refractivity contribution is -0.181. The number of hydrogen-bond acceptors (Lipinski definition) is 3.